The maximum Gasteiger partial charge on any atom is 0.156 e. The number of benzene rings is 2. The first-order chi connectivity index (χ1) is 15.9. The summed E-state index contributed by atoms with van der Waals surface area (Å²) in [6, 6.07) is 6.16. The van der Waals surface area contributed by atoms with Crippen LogP contribution in [0.4, 0.5) is 8.78 Å². The minimum Gasteiger partial charge on any atom is -0.242 e. The highest BCUT2D eigenvalue weighted by Gasteiger charge is 2.23. The van der Waals surface area contributed by atoms with Gasteiger partial charge in [0.15, 0.2) is 11.6 Å². The molecule has 35 heavy (non-hydrogen) atoms. The summed E-state index contributed by atoms with van der Waals surface area (Å²) in [6.45, 7) is 12.8. The monoisotopic (exact) mass is 694 g/mol. The van der Waals surface area contributed by atoms with Crippen molar-refractivity contribution in [1.82, 2.24) is 4.72 Å². The molecule has 196 valence electrons. The highest BCUT2D eigenvalue weighted by molar-refractivity contribution is 9.10. The second kappa shape index (κ2) is 13.5. The zero-order valence-electron chi connectivity index (χ0n) is 20.3. The Morgan fingerprint density at radius 2 is 1.40 bits per heavy atom. The van der Waals surface area contributed by atoms with Crippen LogP contribution in [-0.4, -0.2) is 24.1 Å². The average Bonchev–Trinajstić information content (AvgIpc) is 2.74. The predicted octanol–water partition coefficient (Wildman–Crippen LogP) is 8.48. The van der Waals surface area contributed by atoms with Gasteiger partial charge in [-0.3, -0.25) is 0 Å². The molecule has 0 amide bonds. The molecule has 0 aliphatic heterocycles. The Labute approximate surface area is 238 Å². The maximum absolute atomic E-state index is 13.6. The fourth-order valence-corrected chi connectivity index (χ4v) is 4.94. The quantitative estimate of drug-likeness (QED) is 0.252. The van der Waals surface area contributed by atoms with E-state index in [9.17, 15) is 17.2 Å². The lowest BCUT2D eigenvalue weighted by Crippen LogP contribution is -2.34. The van der Waals surface area contributed by atoms with Gasteiger partial charge < -0.3 is 0 Å². The van der Waals surface area contributed by atoms with Crippen molar-refractivity contribution in [1.29, 1.82) is 0 Å². The third kappa shape index (κ3) is 9.87. The Morgan fingerprint density at radius 3 is 1.89 bits per heavy atom. The van der Waals surface area contributed by atoms with Crippen molar-refractivity contribution in [2.45, 2.75) is 64.0 Å². The molecule has 0 aliphatic rings. The van der Waals surface area contributed by atoms with Gasteiger partial charge in [-0.25, -0.2) is 21.9 Å². The highest BCUT2D eigenvalue weighted by atomic mass is 79.9. The van der Waals surface area contributed by atoms with Crippen molar-refractivity contribution in [3.05, 3.63) is 66.0 Å². The Kier molecular flexibility index (Phi) is 12.7. The second-order valence-electron chi connectivity index (χ2n) is 9.35. The topological polar surface area (TPSA) is 58.5 Å². The molecule has 2 aromatic carbocycles. The van der Waals surface area contributed by atoms with Gasteiger partial charge in [0.05, 0.1) is 39.5 Å². The second-order valence-corrected chi connectivity index (χ2v) is 15.7. The first-order valence-electron chi connectivity index (χ1n) is 10.3. The summed E-state index contributed by atoms with van der Waals surface area (Å²) in [6.07, 6.45) is 1.33. The van der Waals surface area contributed by atoms with Gasteiger partial charge in [0.25, 0.3) is 0 Å². The minimum absolute atomic E-state index is 0.0333. The van der Waals surface area contributed by atoms with Gasteiger partial charge in [0, 0.05) is 17.8 Å². The van der Waals surface area contributed by atoms with E-state index in [2.05, 4.69) is 41.0 Å². The molecule has 0 aliphatic carbocycles. The number of hydrogen-bond acceptors (Lipinski definition) is 2. The molecular weight excluding hydrogens is 669 g/mol. The highest BCUT2D eigenvalue weighted by Crippen LogP contribution is 2.31. The van der Waals surface area contributed by atoms with Crippen molar-refractivity contribution in [2.75, 3.05) is 0 Å². The molecule has 2 rings (SSSR count). The van der Waals surface area contributed by atoms with Crippen LogP contribution in [-0.2, 0) is 22.0 Å². The molecule has 12 heteroatoms. The summed E-state index contributed by atoms with van der Waals surface area (Å²) < 4.78 is 57.3. The molecule has 1 N–H and O–H groups in total. The van der Waals surface area contributed by atoms with Crippen LogP contribution in [0, 0.1) is 11.6 Å². The van der Waals surface area contributed by atoms with Gasteiger partial charge in [-0.2, -0.15) is 4.40 Å². The van der Waals surface area contributed by atoms with Crippen LogP contribution >= 0.6 is 55.1 Å². The Morgan fingerprint density at radius 1 is 0.914 bits per heavy atom. The molecule has 2 aromatic rings. The van der Waals surface area contributed by atoms with Crippen molar-refractivity contribution in [3.63, 3.8) is 0 Å². The number of nitrogens with zero attached hydrogens (tertiary/aromatic N) is 1. The first-order valence-corrected chi connectivity index (χ1v) is 14.9. The summed E-state index contributed by atoms with van der Waals surface area (Å²) in [5, 5.41) is 0.0179. The van der Waals surface area contributed by atoms with Crippen molar-refractivity contribution in [2.24, 2.45) is 4.40 Å². The van der Waals surface area contributed by atoms with Gasteiger partial charge in [-0.1, -0.05) is 35.3 Å². The molecule has 0 saturated heterocycles. The van der Waals surface area contributed by atoms with Crippen LogP contribution in [0.15, 0.2) is 37.6 Å². The summed E-state index contributed by atoms with van der Waals surface area (Å²) in [7, 11) is -2.61. The summed E-state index contributed by atoms with van der Waals surface area (Å²) in [4.78, 5) is 0. The van der Waals surface area contributed by atoms with Crippen molar-refractivity contribution < 1.29 is 17.2 Å². The third-order valence-corrected chi connectivity index (χ3v) is 9.27. The number of halogens is 6. The van der Waals surface area contributed by atoms with E-state index < -0.39 is 38.4 Å². The Balaban J connectivity index is 0.000000351. The van der Waals surface area contributed by atoms with Gasteiger partial charge in [-0.15, -0.1) is 0 Å². The van der Waals surface area contributed by atoms with Gasteiger partial charge in [-0.05, 0) is 98.0 Å². The predicted molar refractivity (Wildman–Crippen MR) is 153 cm³/mol. The van der Waals surface area contributed by atoms with Gasteiger partial charge in [0.1, 0.15) is 11.0 Å². The molecule has 0 bridgehead atoms. The zero-order valence-corrected chi connectivity index (χ0v) is 26.6. The van der Waals surface area contributed by atoms with E-state index in [4.69, 9.17) is 23.2 Å². The molecule has 0 spiro atoms. The third-order valence-electron chi connectivity index (χ3n) is 4.25. The van der Waals surface area contributed by atoms with E-state index in [1.165, 1.54) is 12.3 Å². The molecule has 0 fully saturated rings. The van der Waals surface area contributed by atoms with Crippen LogP contribution in [0.3, 0.4) is 0 Å². The Hall–Kier alpha value is -0.230. The molecule has 0 heterocycles. The van der Waals surface area contributed by atoms with Crippen molar-refractivity contribution in [3.8, 4) is 0 Å². The van der Waals surface area contributed by atoms with E-state index >= 15 is 0 Å². The molecule has 0 aromatic heterocycles. The molecular formula is C23H28Br2Cl2F2N2O2S2. The van der Waals surface area contributed by atoms with Crippen LogP contribution in [0.1, 0.15) is 65.6 Å². The van der Waals surface area contributed by atoms with E-state index in [1.807, 2.05) is 41.5 Å². The summed E-state index contributed by atoms with van der Waals surface area (Å²) in [5.41, 5.74) is 1.000. The lowest BCUT2D eigenvalue weighted by atomic mass is 10.1. The fourth-order valence-electron chi connectivity index (χ4n) is 2.18. The summed E-state index contributed by atoms with van der Waals surface area (Å²) in [5.74, 6) is -1.04. The normalized spacial score (nSPS) is 14.9. The fraction of sp³-hybridized carbons (Fsp3) is 0.435. The number of rotatable bonds is 5. The summed E-state index contributed by atoms with van der Waals surface area (Å²) >= 11 is 17.8. The van der Waals surface area contributed by atoms with E-state index in [1.54, 1.807) is 25.1 Å². The Bertz CT molecular complexity index is 1140. The molecule has 3 atom stereocenters. The lowest BCUT2D eigenvalue weighted by molar-refractivity contribution is 0.602. The minimum atomic E-state index is -1.38. The molecule has 0 radical (unpaired) electrons. The van der Waals surface area contributed by atoms with E-state index in [0.29, 0.717) is 15.6 Å². The molecule has 0 unspecified atom stereocenters. The van der Waals surface area contributed by atoms with Crippen LogP contribution < -0.4 is 4.72 Å². The van der Waals surface area contributed by atoms with E-state index in [0.717, 1.165) is 0 Å². The first kappa shape index (κ1) is 32.8. The lowest BCUT2D eigenvalue weighted by Gasteiger charge is -2.22. The number of nitrogens with one attached hydrogen (secondary N) is 1. The van der Waals surface area contributed by atoms with E-state index in [-0.39, 0.29) is 25.3 Å². The maximum atomic E-state index is 13.6. The largest absolute Gasteiger partial charge is 0.242 e. The zero-order chi connectivity index (χ0) is 27.3. The van der Waals surface area contributed by atoms with Crippen LogP contribution in [0.5, 0.6) is 0 Å². The van der Waals surface area contributed by atoms with Crippen LogP contribution in [0.2, 0.25) is 10.0 Å². The SMILES string of the molecule is CC(C)(C)[S@](=O)N=Cc1ccc(Br)c(F)c1Cl.C[C@@H](N[S@@](=O)C(C)(C)C)c1ccc(Br)c(F)c1Cl. The average molecular weight is 697 g/mol. The van der Waals surface area contributed by atoms with Crippen LogP contribution in [0.25, 0.3) is 0 Å². The molecule has 0 saturated carbocycles. The smallest absolute Gasteiger partial charge is 0.156 e. The number of hydrogen-bond donors (Lipinski definition) is 1. The van der Waals surface area contributed by atoms with Gasteiger partial charge >= 0.3 is 0 Å². The standard InChI is InChI=1S/C12H16BrClFNOS.C11H12BrClFNOS/c1-7(16-18(17)12(2,3)4)8-5-6-9(13)11(15)10(8)14;1-11(2,3)17(16)15-6-7-4-5-8(12)10(14)9(7)13/h5-7,16H,1-4H3;4-6H,1-3H3/t7-,18+;17-/m10/s1. The molecule has 4 nitrogen and oxygen atoms in total. The van der Waals surface area contributed by atoms with Gasteiger partial charge in [0.2, 0.25) is 0 Å². The van der Waals surface area contributed by atoms with Crippen molar-refractivity contribution >= 4 is 83.2 Å².